The third-order valence-corrected chi connectivity index (χ3v) is 6.96. The van der Waals surface area contributed by atoms with Gasteiger partial charge in [0.15, 0.2) is 0 Å². The van der Waals surface area contributed by atoms with Gasteiger partial charge in [0.2, 0.25) is 5.91 Å². The summed E-state index contributed by atoms with van der Waals surface area (Å²) >= 11 is 0. The van der Waals surface area contributed by atoms with E-state index in [0.29, 0.717) is 12.5 Å². The van der Waals surface area contributed by atoms with E-state index in [0.717, 1.165) is 32.4 Å². The molecule has 0 aliphatic carbocycles. The van der Waals surface area contributed by atoms with E-state index in [1.165, 1.54) is 11.1 Å². The van der Waals surface area contributed by atoms with Crippen LogP contribution < -0.4 is 5.32 Å². The van der Waals surface area contributed by atoms with Crippen LogP contribution in [-0.4, -0.2) is 56.5 Å². The zero-order valence-corrected chi connectivity index (χ0v) is 19.0. The quantitative estimate of drug-likeness (QED) is 0.716. The number of hydrogen-bond donors (Lipinski definition) is 1. The minimum absolute atomic E-state index is 0.000130. The van der Waals surface area contributed by atoms with Crippen LogP contribution in [0, 0.1) is 5.92 Å². The molecule has 3 rings (SSSR count). The van der Waals surface area contributed by atoms with Gasteiger partial charge in [-0.25, -0.2) is 0 Å². The van der Waals surface area contributed by atoms with Gasteiger partial charge in [-0.1, -0.05) is 67.6 Å². The fourth-order valence-corrected chi connectivity index (χ4v) is 5.15. The normalized spacial score (nSPS) is 18.2. The lowest BCUT2D eigenvalue weighted by atomic mass is 9.78. The number of carbonyl (C=O) groups excluding carboxylic acids is 1. The molecular weight excluding hydrogens is 370 g/mol. The molecule has 0 bridgehead atoms. The lowest BCUT2D eigenvalue weighted by Crippen LogP contribution is -2.53. The van der Waals surface area contributed by atoms with Gasteiger partial charge in [0, 0.05) is 25.2 Å². The summed E-state index contributed by atoms with van der Waals surface area (Å²) in [7, 11) is 6.27. The molecular formula is C26H37N3O. The van der Waals surface area contributed by atoms with Crippen molar-refractivity contribution in [2.24, 2.45) is 5.92 Å². The van der Waals surface area contributed by atoms with Gasteiger partial charge < -0.3 is 10.2 Å². The topological polar surface area (TPSA) is 35.6 Å². The molecule has 1 heterocycles. The van der Waals surface area contributed by atoms with Gasteiger partial charge in [0.1, 0.15) is 0 Å². The summed E-state index contributed by atoms with van der Waals surface area (Å²) in [4.78, 5) is 18.1. The van der Waals surface area contributed by atoms with Crippen LogP contribution in [0.4, 0.5) is 0 Å². The van der Waals surface area contributed by atoms with E-state index in [2.05, 4.69) is 90.7 Å². The average molecular weight is 408 g/mol. The number of benzene rings is 2. The maximum Gasteiger partial charge on any atom is 0.227 e. The number of hydrogen-bond acceptors (Lipinski definition) is 3. The third kappa shape index (κ3) is 4.60. The second kappa shape index (κ2) is 10.2. The van der Waals surface area contributed by atoms with Gasteiger partial charge in [-0.3, -0.25) is 9.69 Å². The van der Waals surface area contributed by atoms with Crippen molar-refractivity contribution in [3.63, 3.8) is 0 Å². The minimum Gasteiger partial charge on any atom is -0.342 e. The number of piperidine rings is 1. The predicted molar refractivity (Wildman–Crippen MR) is 125 cm³/mol. The smallest absolute Gasteiger partial charge is 0.227 e. The summed E-state index contributed by atoms with van der Waals surface area (Å²) in [5.74, 6) is 0.493. The Labute approximate surface area is 182 Å². The molecule has 1 aliphatic rings. The lowest BCUT2D eigenvalue weighted by molar-refractivity contribution is -0.139. The van der Waals surface area contributed by atoms with E-state index < -0.39 is 0 Å². The summed E-state index contributed by atoms with van der Waals surface area (Å²) in [5, 5.41) is 3.28. The highest BCUT2D eigenvalue weighted by molar-refractivity contribution is 5.80. The van der Waals surface area contributed by atoms with E-state index in [9.17, 15) is 4.79 Å². The highest BCUT2D eigenvalue weighted by Gasteiger charge is 2.41. The van der Waals surface area contributed by atoms with Crippen molar-refractivity contribution in [2.45, 2.75) is 37.6 Å². The van der Waals surface area contributed by atoms with Crippen molar-refractivity contribution < 1.29 is 4.79 Å². The number of rotatable bonds is 8. The van der Waals surface area contributed by atoms with Crippen LogP contribution in [0.15, 0.2) is 60.7 Å². The molecule has 4 heteroatoms. The molecule has 0 unspecified atom stereocenters. The fourth-order valence-electron chi connectivity index (χ4n) is 5.15. The Hall–Kier alpha value is -2.17. The first kappa shape index (κ1) is 22.5. The van der Waals surface area contributed by atoms with Gasteiger partial charge >= 0.3 is 0 Å². The van der Waals surface area contributed by atoms with Crippen molar-refractivity contribution >= 4 is 5.91 Å². The Balaban J connectivity index is 1.78. The molecule has 1 aliphatic heterocycles. The molecule has 1 fully saturated rings. The largest absolute Gasteiger partial charge is 0.342 e. The van der Waals surface area contributed by atoms with Crippen LogP contribution in [0.5, 0.6) is 0 Å². The fraction of sp³-hybridized carbons (Fsp3) is 0.500. The summed E-state index contributed by atoms with van der Waals surface area (Å²) in [6, 6.07) is 21.3. The van der Waals surface area contributed by atoms with Crippen LogP contribution in [0.2, 0.25) is 0 Å². The Morgan fingerprint density at radius 3 is 2.10 bits per heavy atom. The van der Waals surface area contributed by atoms with Crippen molar-refractivity contribution in [3.05, 3.63) is 71.8 Å². The first-order valence-corrected chi connectivity index (χ1v) is 11.2. The molecule has 0 spiro atoms. The summed E-state index contributed by atoms with van der Waals surface area (Å²) in [5.41, 5.74) is 2.61. The number of carbonyl (C=O) groups is 1. The van der Waals surface area contributed by atoms with Gasteiger partial charge in [0.25, 0.3) is 0 Å². The van der Waals surface area contributed by atoms with Crippen molar-refractivity contribution in [2.75, 3.05) is 40.8 Å². The van der Waals surface area contributed by atoms with Crippen LogP contribution >= 0.6 is 0 Å². The molecule has 2 aromatic rings. The molecule has 1 saturated heterocycles. The van der Waals surface area contributed by atoms with E-state index in [1.807, 2.05) is 13.1 Å². The monoisotopic (exact) mass is 407 g/mol. The van der Waals surface area contributed by atoms with E-state index in [4.69, 9.17) is 0 Å². The SMILES string of the molecule is CC[C@@H](c1ccccc1)[C@@H](CNC)C(=O)N1CCC(c2ccccc2)(N(C)C)CC1. The summed E-state index contributed by atoms with van der Waals surface area (Å²) < 4.78 is 0. The van der Waals surface area contributed by atoms with Gasteiger partial charge in [-0.2, -0.15) is 0 Å². The third-order valence-electron chi connectivity index (χ3n) is 6.96. The number of likely N-dealkylation sites (tertiary alicyclic amines) is 1. The standard InChI is InChI=1S/C26H37N3O/c1-5-23(21-12-8-6-9-13-21)24(20-27-2)25(30)29-18-16-26(17-19-29,28(3)4)22-14-10-7-11-15-22/h6-15,23-24,27H,5,16-20H2,1-4H3/t23-,24+/m0/s1. The van der Waals surface area contributed by atoms with Crippen molar-refractivity contribution in [3.8, 4) is 0 Å². The summed E-state index contributed by atoms with van der Waals surface area (Å²) in [6.07, 6.45) is 2.88. The molecule has 2 aromatic carbocycles. The molecule has 2 atom stereocenters. The zero-order chi connectivity index (χ0) is 21.6. The second-order valence-corrected chi connectivity index (χ2v) is 8.71. The predicted octanol–water partition coefficient (Wildman–Crippen LogP) is 4.10. The Kier molecular flexibility index (Phi) is 7.68. The highest BCUT2D eigenvalue weighted by Crippen LogP contribution is 2.38. The van der Waals surface area contributed by atoms with E-state index in [-0.39, 0.29) is 17.4 Å². The highest BCUT2D eigenvalue weighted by atomic mass is 16.2. The number of nitrogens with zero attached hydrogens (tertiary/aromatic N) is 2. The second-order valence-electron chi connectivity index (χ2n) is 8.71. The minimum atomic E-state index is -0.0361. The molecule has 0 saturated carbocycles. The number of amides is 1. The summed E-state index contributed by atoms with van der Waals surface area (Å²) in [6.45, 7) is 4.51. The van der Waals surface area contributed by atoms with Crippen LogP contribution in [0.25, 0.3) is 0 Å². The van der Waals surface area contributed by atoms with Gasteiger partial charge in [0.05, 0.1) is 5.92 Å². The molecule has 4 nitrogen and oxygen atoms in total. The Bertz CT molecular complexity index is 782. The number of nitrogens with one attached hydrogen (secondary N) is 1. The Morgan fingerprint density at radius 1 is 1.03 bits per heavy atom. The van der Waals surface area contributed by atoms with Crippen LogP contribution in [0.1, 0.15) is 43.2 Å². The molecule has 0 radical (unpaired) electrons. The maximum atomic E-state index is 13.7. The maximum absolute atomic E-state index is 13.7. The molecule has 162 valence electrons. The average Bonchev–Trinajstić information content (AvgIpc) is 2.80. The van der Waals surface area contributed by atoms with Crippen molar-refractivity contribution in [1.82, 2.24) is 15.1 Å². The molecule has 0 aromatic heterocycles. The van der Waals surface area contributed by atoms with E-state index >= 15 is 0 Å². The lowest BCUT2D eigenvalue weighted by Gasteiger charge is -2.47. The first-order valence-electron chi connectivity index (χ1n) is 11.2. The van der Waals surface area contributed by atoms with E-state index in [1.54, 1.807) is 0 Å². The zero-order valence-electron chi connectivity index (χ0n) is 19.0. The van der Waals surface area contributed by atoms with Gasteiger partial charge in [-0.15, -0.1) is 0 Å². The van der Waals surface area contributed by atoms with Gasteiger partial charge in [-0.05, 0) is 57.5 Å². The van der Waals surface area contributed by atoms with Crippen molar-refractivity contribution in [1.29, 1.82) is 0 Å². The molecule has 1 amide bonds. The Morgan fingerprint density at radius 2 is 1.60 bits per heavy atom. The van der Waals surface area contributed by atoms with Crippen LogP contribution in [-0.2, 0) is 10.3 Å². The first-order chi connectivity index (χ1) is 14.5. The molecule has 30 heavy (non-hydrogen) atoms. The van der Waals surface area contributed by atoms with Crippen LogP contribution in [0.3, 0.4) is 0 Å². The molecule has 1 N–H and O–H groups in total.